The normalized spacial score (nSPS) is 13.4. The minimum absolute atomic E-state index is 0.332. The number of ether oxygens (including phenoxy) is 1. The number of hydrogen-bond donors (Lipinski definition) is 2. The molecule has 132 valence electrons. The molecule has 0 aliphatic heterocycles. The molecular weight excluding hydrogens is 290 g/mol. The molecule has 0 aliphatic rings. The molecule has 1 aromatic heterocycles. The van der Waals surface area contributed by atoms with Crippen LogP contribution in [0.1, 0.15) is 58.2 Å². The first-order valence-corrected chi connectivity index (χ1v) is 8.54. The minimum Gasteiger partial charge on any atom is -0.481 e. The quantitative estimate of drug-likeness (QED) is 0.541. The molecule has 0 aromatic carbocycles. The molecule has 0 saturated heterocycles. The number of aliphatic imine (C=N–C) groups is 1. The molecule has 0 saturated carbocycles. The van der Waals surface area contributed by atoms with Crippen LogP contribution in [0.25, 0.3) is 0 Å². The summed E-state index contributed by atoms with van der Waals surface area (Å²) in [6, 6.07) is 0.332. The average molecular weight is 323 g/mol. The Morgan fingerprint density at radius 2 is 2.04 bits per heavy atom. The van der Waals surface area contributed by atoms with Crippen LogP contribution in [0, 0.1) is 5.92 Å². The topological polar surface area (TPSA) is 77.5 Å². The van der Waals surface area contributed by atoms with E-state index in [0.717, 1.165) is 35.9 Å². The van der Waals surface area contributed by atoms with Gasteiger partial charge in [-0.1, -0.05) is 33.6 Å². The van der Waals surface area contributed by atoms with E-state index in [1.54, 1.807) is 11.8 Å². The van der Waals surface area contributed by atoms with Crippen LogP contribution in [0.5, 0.6) is 5.88 Å². The number of hydrogen-bond acceptors (Lipinski definition) is 3. The summed E-state index contributed by atoms with van der Waals surface area (Å²) in [4.78, 5) is 4.46. The molecule has 0 bridgehead atoms. The molecule has 1 rings (SSSR count). The van der Waals surface area contributed by atoms with E-state index in [9.17, 15) is 0 Å². The van der Waals surface area contributed by atoms with Gasteiger partial charge in [-0.15, -0.1) is 0 Å². The second kappa shape index (κ2) is 9.43. The van der Waals surface area contributed by atoms with E-state index in [-0.39, 0.29) is 0 Å². The van der Waals surface area contributed by atoms with Crippen LogP contribution in [0.15, 0.2) is 4.99 Å². The molecule has 0 fully saturated rings. The van der Waals surface area contributed by atoms with Crippen molar-refractivity contribution < 1.29 is 4.74 Å². The van der Waals surface area contributed by atoms with Crippen molar-refractivity contribution in [3.8, 4) is 5.88 Å². The first-order valence-electron chi connectivity index (χ1n) is 8.54. The summed E-state index contributed by atoms with van der Waals surface area (Å²) in [6.45, 7) is 9.21. The van der Waals surface area contributed by atoms with Gasteiger partial charge in [0.1, 0.15) is 0 Å². The Kier molecular flexibility index (Phi) is 7.92. The lowest BCUT2D eigenvalue weighted by Gasteiger charge is -2.15. The van der Waals surface area contributed by atoms with Gasteiger partial charge in [-0.2, -0.15) is 5.10 Å². The number of methoxy groups -OCH3 is 1. The van der Waals surface area contributed by atoms with Crippen molar-refractivity contribution in [3.63, 3.8) is 0 Å². The van der Waals surface area contributed by atoms with Crippen molar-refractivity contribution >= 4 is 5.96 Å². The molecule has 1 unspecified atom stereocenters. The Labute approximate surface area is 140 Å². The number of nitrogens with two attached hydrogens (primary N) is 1. The molecule has 1 atom stereocenters. The Morgan fingerprint density at radius 3 is 2.61 bits per heavy atom. The lowest BCUT2D eigenvalue weighted by molar-refractivity contribution is 0.369. The smallest absolute Gasteiger partial charge is 0.216 e. The van der Waals surface area contributed by atoms with Gasteiger partial charge < -0.3 is 15.8 Å². The van der Waals surface area contributed by atoms with Crippen LogP contribution in [-0.2, 0) is 20.0 Å². The van der Waals surface area contributed by atoms with Crippen LogP contribution in [0.4, 0.5) is 0 Å². The van der Waals surface area contributed by atoms with Gasteiger partial charge in [0.25, 0.3) is 0 Å². The fraction of sp³-hybridized carbons (Fsp3) is 0.765. The second-order valence-electron chi connectivity index (χ2n) is 6.48. The molecule has 0 spiro atoms. The summed E-state index contributed by atoms with van der Waals surface area (Å²) in [7, 11) is 3.53. The van der Waals surface area contributed by atoms with Crippen molar-refractivity contribution in [2.24, 2.45) is 23.7 Å². The number of nitrogens with zero attached hydrogens (tertiary/aromatic N) is 3. The molecule has 0 amide bonds. The van der Waals surface area contributed by atoms with Crippen molar-refractivity contribution in [2.75, 3.05) is 7.11 Å². The number of rotatable bonds is 9. The third kappa shape index (κ3) is 6.12. The Morgan fingerprint density at radius 1 is 1.35 bits per heavy atom. The number of nitrogens with one attached hydrogen (secondary N) is 1. The predicted octanol–water partition coefficient (Wildman–Crippen LogP) is 2.61. The van der Waals surface area contributed by atoms with E-state index in [1.807, 2.05) is 7.05 Å². The number of aryl methyl sites for hydroxylation is 2. The van der Waals surface area contributed by atoms with E-state index in [0.29, 0.717) is 18.5 Å². The van der Waals surface area contributed by atoms with Crippen LogP contribution < -0.4 is 15.8 Å². The molecule has 3 N–H and O–H groups in total. The third-order valence-electron chi connectivity index (χ3n) is 3.92. The zero-order chi connectivity index (χ0) is 17.4. The van der Waals surface area contributed by atoms with Crippen molar-refractivity contribution in [2.45, 2.75) is 66.0 Å². The van der Waals surface area contributed by atoms with E-state index in [1.165, 1.54) is 12.8 Å². The summed E-state index contributed by atoms with van der Waals surface area (Å²) in [5.74, 6) is 1.98. The highest BCUT2D eigenvalue weighted by Crippen LogP contribution is 2.22. The van der Waals surface area contributed by atoms with E-state index in [4.69, 9.17) is 10.5 Å². The molecular formula is C17H33N5O. The van der Waals surface area contributed by atoms with Crippen molar-refractivity contribution in [3.05, 3.63) is 11.3 Å². The molecule has 1 aromatic rings. The SMILES string of the molecule is CCc1nn(C)c(OC)c1CN=C(N)NC(C)CCCC(C)C. The third-order valence-corrected chi connectivity index (χ3v) is 3.92. The van der Waals surface area contributed by atoms with Crippen LogP contribution >= 0.6 is 0 Å². The summed E-state index contributed by atoms with van der Waals surface area (Å²) in [5.41, 5.74) is 8.03. The number of guanidine groups is 1. The second-order valence-corrected chi connectivity index (χ2v) is 6.48. The zero-order valence-corrected chi connectivity index (χ0v) is 15.5. The van der Waals surface area contributed by atoms with Gasteiger partial charge in [-0.25, -0.2) is 9.67 Å². The average Bonchev–Trinajstić information content (AvgIpc) is 2.79. The lowest BCUT2D eigenvalue weighted by Crippen LogP contribution is -2.38. The molecule has 0 aliphatic carbocycles. The van der Waals surface area contributed by atoms with E-state index < -0.39 is 0 Å². The van der Waals surface area contributed by atoms with Crippen molar-refractivity contribution in [1.82, 2.24) is 15.1 Å². The molecule has 1 heterocycles. The standard InChI is InChI=1S/C17H33N5O/c1-7-15-14(16(23-6)22(5)21-15)11-19-17(18)20-13(4)10-8-9-12(2)3/h12-13H,7-11H2,1-6H3,(H3,18,19,20). The fourth-order valence-corrected chi connectivity index (χ4v) is 2.67. The minimum atomic E-state index is 0.332. The maximum Gasteiger partial charge on any atom is 0.216 e. The van der Waals surface area contributed by atoms with Crippen LogP contribution in [-0.4, -0.2) is 28.9 Å². The zero-order valence-electron chi connectivity index (χ0n) is 15.5. The van der Waals surface area contributed by atoms with E-state index in [2.05, 4.69) is 43.1 Å². The van der Waals surface area contributed by atoms with Gasteiger partial charge in [0, 0.05) is 13.1 Å². The van der Waals surface area contributed by atoms with Gasteiger partial charge in [0.2, 0.25) is 5.88 Å². The summed E-state index contributed by atoms with van der Waals surface area (Å²) in [5, 5.41) is 7.72. The van der Waals surface area contributed by atoms with Gasteiger partial charge in [0.05, 0.1) is 24.9 Å². The van der Waals surface area contributed by atoms with Crippen LogP contribution in [0.3, 0.4) is 0 Å². The highest BCUT2D eigenvalue weighted by molar-refractivity contribution is 5.78. The first kappa shape index (κ1) is 19.3. The highest BCUT2D eigenvalue weighted by atomic mass is 16.5. The largest absolute Gasteiger partial charge is 0.481 e. The molecule has 6 heteroatoms. The Hall–Kier alpha value is -1.72. The summed E-state index contributed by atoms with van der Waals surface area (Å²) < 4.78 is 7.17. The van der Waals surface area contributed by atoms with Gasteiger partial charge in [-0.3, -0.25) is 0 Å². The lowest BCUT2D eigenvalue weighted by atomic mass is 10.0. The Bertz CT molecular complexity index is 507. The maximum absolute atomic E-state index is 6.01. The molecule has 6 nitrogen and oxygen atoms in total. The summed E-state index contributed by atoms with van der Waals surface area (Å²) >= 11 is 0. The monoisotopic (exact) mass is 323 g/mol. The number of aromatic nitrogens is 2. The highest BCUT2D eigenvalue weighted by Gasteiger charge is 2.15. The van der Waals surface area contributed by atoms with Gasteiger partial charge in [0.15, 0.2) is 5.96 Å². The fourth-order valence-electron chi connectivity index (χ4n) is 2.67. The molecule has 0 radical (unpaired) electrons. The van der Waals surface area contributed by atoms with Crippen LogP contribution in [0.2, 0.25) is 0 Å². The Balaban J connectivity index is 2.59. The van der Waals surface area contributed by atoms with Crippen molar-refractivity contribution in [1.29, 1.82) is 0 Å². The van der Waals surface area contributed by atoms with Gasteiger partial charge in [-0.05, 0) is 25.7 Å². The summed E-state index contributed by atoms with van der Waals surface area (Å²) in [6.07, 6.45) is 4.40. The van der Waals surface area contributed by atoms with Gasteiger partial charge >= 0.3 is 0 Å². The maximum atomic E-state index is 6.01. The molecule has 23 heavy (non-hydrogen) atoms. The van der Waals surface area contributed by atoms with E-state index >= 15 is 0 Å². The first-order chi connectivity index (χ1) is 10.9. The predicted molar refractivity (Wildman–Crippen MR) is 95.8 cm³/mol.